The standard InChI is InChI=1S/C57H36S2/c1-57(2)48-29-26-34(37-21-12-23-44-45-28-30-51-54(56(45)59-55(37)44)46-20-9-10-24-50(46)58-51)31-47(48)38-27-25-35(32-49(38)57)52-40-16-5-7-18-42(40)53(43-19-8-6-17-41(43)52)39-22-11-14-33-13-3-4-15-36(33)39/h3-32H,1-2H3. The molecule has 1 aliphatic rings. The third-order valence-electron chi connectivity index (χ3n) is 13.3. The van der Waals surface area contributed by atoms with Crippen LogP contribution in [0.1, 0.15) is 25.0 Å². The van der Waals surface area contributed by atoms with Crippen LogP contribution >= 0.6 is 22.7 Å². The van der Waals surface area contributed by atoms with E-state index in [-0.39, 0.29) is 5.41 Å². The zero-order chi connectivity index (χ0) is 39.0. The molecule has 0 bridgehead atoms. The largest absolute Gasteiger partial charge is 0.135 e. The number of thiophene rings is 2. The number of rotatable bonds is 3. The number of benzene rings is 10. The van der Waals surface area contributed by atoms with Gasteiger partial charge in [0.1, 0.15) is 0 Å². The normalized spacial score (nSPS) is 13.4. The molecule has 0 atom stereocenters. The molecule has 1 aliphatic carbocycles. The summed E-state index contributed by atoms with van der Waals surface area (Å²) in [5, 5.41) is 13.2. The Hall–Kier alpha value is -6.58. The molecular weight excluding hydrogens is 749 g/mol. The minimum absolute atomic E-state index is 0.150. The fraction of sp³-hybridized carbons (Fsp3) is 0.0526. The summed E-state index contributed by atoms with van der Waals surface area (Å²) in [5.41, 5.74) is 13.1. The highest BCUT2D eigenvalue weighted by atomic mass is 32.1. The fourth-order valence-corrected chi connectivity index (χ4v) is 13.1. The summed E-state index contributed by atoms with van der Waals surface area (Å²) in [5.74, 6) is 0. The Morgan fingerprint density at radius 1 is 0.339 bits per heavy atom. The van der Waals surface area contributed by atoms with Gasteiger partial charge in [0.15, 0.2) is 0 Å². The Labute approximate surface area is 350 Å². The molecule has 0 saturated carbocycles. The van der Waals surface area contributed by atoms with Crippen molar-refractivity contribution >= 4 is 95.3 Å². The van der Waals surface area contributed by atoms with E-state index in [9.17, 15) is 0 Å². The van der Waals surface area contributed by atoms with Crippen LogP contribution in [0.25, 0.3) is 117 Å². The van der Waals surface area contributed by atoms with Crippen LogP contribution in [0.15, 0.2) is 182 Å². The molecule has 0 saturated heterocycles. The lowest BCUT2D eigenvalue weighted by Gasteiger charge is -2.23. The fourth-order valence-electron chi connectivity index (χ4n) is 10.5. The Morgan fingerprint density at radius 3 is 1.75 bits per heavy atom. The van der Waals surface area contributed by atoms with Gasteiger partial charge in [-0.3, -0.25) is 0 Å². The molecule has 59 heavy (non-hydrogen) atoms. The van der Waals surface area contributed by atoms with E-state index in [1.54, 1.807) is 0 Å². The predicted octanol–water partition coefficient (Wildman–Crippen LogP) is 17.2. The van der Waals surface area contributed by atoms with Gasteiger partial charge in [-0.1, -0.05) is 172 Å². The Balaban J connectivity index is 0.988. The minimum Gasteiger partial charge on any atom is -0.135 e. The van der Waals surface area contributed by atoms with Crippen LogP contribution in [-0.2, 0) is 5.41 Å². The molecule has 0 amide bonds. The zero-order valence-corrected chi connectivity index (χ0v) is 34.3. The Kier molecular flexibility index (Phi) is 6.92. The molecule has 0 radical (unpaired) electrons. The van der Waals surface area contributed by atoms with Crippen molar-refractivity contribution in [1.29, 1.82) is 0 Å². The van der Waals surface area contributed by atoms with Gasteiger partial charge in [-0.2, -0.15) is 0 Å². The summed E-state index contributed by atoms with van der Waals surface area (Å²) < 4.78 is 5.48. The van der Waals surface area contributed by atoms with E-state index in [2.05, 4.69) is 196 Å². The molecule has 0 N–H and O–H groups in total. The first-order chi connectivity index (χ1) is 29.0. The molecule has 276 valence electrons. The van der Waals surface area contributed by atoms with Crippen molar-refractivity contribution in [3.8, 4) is 44.5 Å². The highest BCUT2D eigenvalue weighted by Gasteiger charge is 2.36. The summed E-state index contributed by atoms with van der Waals surface area (Å²) in [6.07, 6.45) is 0. The molecular formula is C57H36S2. The Morgan fingerprint density at radius 2 is 0.949 bits per heavy atom. The summed E-state index contributed by atoms with van der Waals surface area (Å²) in [6, 6.07) is 68.5. The Bertz CT molecular complexity index is 3700. The second kappa shape index (κ2) is 12.2. The van der Waals surface area contributed by atoms with Crippen LogP contribution in [0.2, 0.25) is 0 Å². The molecule has 0 aliphatic heterocycles. The lowest BCUT2D eigenvalue weighted by atomic mass is 9.80. The van der Waals surface area contributed by atoms with E-state index in [1.165, 1.54) is 128 Å². The average molecular weight is 785 g/mol. The maximum Gasteiger partial charge on any atom is 0.0448 e. The molecule has 13 rings (SSSR count). The molecule has 0 fully saturated rings. The number of hydrogen-bond donors (Lipinski definition) is 0. The van der Waals surface area contributed by atoms with Crippen LogP contribution in [0.3, 0.4) is 0 Å². The van der Waals surface area contributed by atoms with Crippen molar-refractivity contribution in [2.45, 2.75) is 19.3 Å². The van der Waals surface area contributed by atoms with E-state index in [1.807, 2.05) is 22.7 Å². The van der Waals surface area contributed by atoms with Gasteiger partial charge in [0.2, 0.25) is 0 Å². The van der Waals surface area contributed by atoms with Gasteiger partial charge in [0.05, 0.1) is 0 Å². The minimum atomic E-state index is -0.150. The van der Waals surface area contributed by atoms with Crippen molar-refractivity contribution in [1.82, 2.24) is 0 Å². The van der Waals surface area contributed by atoms with Crippen LogP contribution in [-0.4, -0.2) is 0 Å². The molecule has 12 aromatic rings. The van der Waals surface area contributed by atoms with Crippen molar-refractivity contribution in [2.75, 3.05) is 0 Å². The molecule has 2 heteroatoms. The lowest BCUT2D eigenvalue weighted by molar-refractivity contribution is 0.660. The maximum absolute atomic E-state index is 2.50. The molecule has 2 heterocycles. The highest BCUT2D eigenvalue weighted by molar-refractivity contribution is 7.30. The molecule has 0 nitrogen and oxygen atoms in total. The van der Waals surface area contributed by atoms with Crippen molar-refractivity contribution < 1.29 is 0 Å². The third kappa shape index (κ3) is 4.65. The smallest absolute Gasteiger partial charge is 0.0448 e. The van der Waals surface area contributed by atoms with E-state index < -0.39 is 0 Å². The van der Waals surface area contributed by atoms with Gasteiger partial charge in [-0.15, -0.1) is 22.7 Å². The second-order valence-electron chi connectivity index (χ2n) is 16.7. The van der Waals surface area contributed by atoms with Gasteiger partial charge < -0.3 is 0 Å². The second-order valence-corrected chi connectivity index (χ2v) is 18.8. The molecule has 10 aromatic carbocycles. The topological polar surface area (TPSA) is 0 Å². The summed E-state index contributed by atoms with van der Waals surface area (Å²) >= 11 is 3.86. The first-order valence-corrected chi connectivity index (χ1v) is 22.1. The predicted molar refractivity (Wildman–Crippen MR) is 259 cm³/mol. The first-order valence-electron chi connectivity index (χ1n) is 20.5. The first kappa shape index (κ1) is 33.4. The van der Waals surface area contributed by atoms with Crippen LogP contribution in [0.4, 0.5) is 0 Å². The third-order valence-corrected chi connectivity index (χ3v) is 15.7. The molecule has 2 aromatic heterocycles. The number of hydrogen-bond acceptors (Lipinski definition) is 2. The van der Waals surface area contributed by atoms with E-state index in [4.69, 9.17) is 0 Å². The van der Waals surface area contributed by atoms with Crippen LogP contribution in [0, 0.1) is 0 Å². The van der Waals surface area contributed by atoms with E-state index >= 15 is 0 Å². The van der Waals surface area contributed by atoms with E-state index in [0.717, 1.165) is 0 Å². The van der Waals surface area contributed by atoms with Crippen molar-refractivity contribution in [2.24, 2.45) is 0 Å². The van der Waals surface area contributed by atoms with Crippen molar-refractivity contribution in [3.05, 3.63) is 193 Å². The summed E-state index contributed by atoms with van der Waals surface area (Å²) in [7, 11) is 0. The van der Waals surface area contributed by atoms with Gasteiger partial charge in [-0.25, -0.2) is 0 Å². The van der Waals surface area contributed by atoms with Gasteiger partial charge >= 0.3 is 0 Å². The summed E-state index contributed by atoms with van der Waals surface area (Å²) in [6.45, 7) is 4.81. The molecule has 0 unspecified atom stereocenters. The van der Waals surface area contributed by atoms with Gasteiger partial charge in [0.25, 0.3) is 0 Å². The van der Waals surface area contributed by atoms with Crippen molar-refractivity contribution in [3.63, 3.8) is 0 Å². The molecule has 0 spiro atoms. The number of fused-ring (bicyclic) bond motifs is 13. The quantitative estimate of drug-likeness (QED) is 0.157. The highest BCUT2D eigenvalue weighted by Crippen LogP contribution is 2.53. The SMILES string of the molecule is CC1(C)c2ccc(-c3cccc4c3sc3c4ccc4sc5ccccc5c43)cc2-c2ccc(-c3c4ccccc4c(-c4cccc5ccccc45)c4ccccc34)cc21. The van der Waals surface area contributed by atoms with Crippen LogP contribution in [0.5, 0.6) is 0 Å². The van der Waals surface area contributed by atoms with E-state index in [0.29, 0.717) is 0 Å². The summed E-state index contributed by atoms with van der Waals surface area (Å²) in [4.78, 5) is 0. The monoisotopic (exact) mass is 784 g/mol. The maximum atomic E-state index is 2.50. The average Bonchev–Trinajstić information content (AvgIpc) is 3.92. The zero-order valence-electron chi connectivity index (χ0n) is 32.6. The van der Waals surface area contributed by atoms with Crippen LogP contribution < -0.4 is 0 Å². The van der Waals surface area contributed by atoms with Gasteiger partial charge in [0, 0.05) is 45.8 Å². The lowest BCUT2D eigenvalue weighted by Crippen LogP contribution is -2.15. The van der Waals surface area contributed by atoms with Gasteiger partial charge in [-0.05, 0) is 112 Å².